The number of allylic oxidation sites excluding steroid dienone is 8. The molecule has 0 heterocycles. The standard InChI is InChI=1S/2C7H9.CH2.2ClH.Zr/c2*1-6-4-3-5-7(6)2;;;;/h2*4H,3H2,1-2H3;1H2;2*1H;/q2*-1;;;;+2/p-2. The maximum absolute atomic E-state index is 3.34. The predicted molar refractivity (Wildman–Crippen MR) is 68.7 cm³/mol. The Morgan fingerprint density at radius 2 is 1.11 bits per heavy atom. The molecule has 0 aliphatic heterocycles. The van der Waals surface area contributed by atoms with Gasteiger partial charge in [-0.2, -0.15) is 12.2 Å². The molecule has 0 aromatic rings. The summed E-state index contributed by atoms with van der Waals surface area (Å²) in [4.78, 5) is 0. The van der Waals surface area contributed by atoms with Crippen molar-refractivity contribution in [1.82, 2.24) is 0 Å². The van der Waals surface area contributed by atoms with Gasteiger partial charge in [-0.05, 0) is 0 Å². The first-order chi connectivity index (χ1) is 7.61. The Kier molecular flexibility index (Phi) is 17.8. The first-order valence-electron chi connectivity index (χ1n) is 5.45. The number of hydrogen-bond donors (Lipinski definition) is 0. The molecule has 0 saturated heterocycles. The maximum Gasteiger partial charge on any atom is -1.00 e. The third kappa shape index (κ3) is 9.25. The van der Waals surface area contributed by atoms with Crippen LogP contribution in [0.25, 0.3) is 0 Å². The molecule has 0 aromatic carbocycles. The van der Waals surface area contributed by atoms with E-state index in [2.05, 4.69) is 56.2 Å². The molecule has 0 fully saturated rings. The van der Waals surface area contributed by atoms with E-state index in [4.69, 9.17) is 0 Å². The number of rotatable bonds is 0. The number of hydrogen-bond acceptors (Lipinski definition) is 0. The molecule has 0 bridgehead atoms. The van der Waals surface area contributed by atoms with Crippen molar-refractivity contribution in [2.24, 2.45) is 0 Å². The normalized spacial score (nSPS) is 15.2. The second kappa shape index (κ2) is 13.7. The molecule has 0 radical (unpaired) electrons. The van der Waals surface area contributed by atoms with Crippen LogP contribution in [0.1, 0.15) is 40.5 Å². The summed E-state index contributed by atoms with van der Waals surface area (Å²) in [6.45, 7) is 8.43. The average molecular weight is 362 g/mol. The molecule has 0 N–H and O–H groups in total. The van der Waals surface area contributed by atoms with Gasteiger partial charge < -0.3 is 24.8 Å². The van der Waals surface area contributed by atoms with Crippen molar-refractivity contribution in [1.29, 1.82) is 0 Å². The van der Waals surface area contributed by atoms with Gasteiger partial charge in [0.15, 0.2) is 0 Å². The van der Waals surface area contributed by atoms with E-state index in [1.54, 1.807) is 0 Å². The third-order valence-corrected chi connectivity index (χ3v) is 2.73. The van der Waals surface area contributed by atoms with Crippen LogP contribution >= 0.6 is 0 Å². The van der Waals surface area contributed by atoms with Gasteiger partial charge in [-0.25, -0.2) is 22.3 Å². The van der Waals surface area contributed by atoms with Crippen LogP contribution in [0.4, 0.5) is 0 Å². The minimum Gasteiger partial charge on any atom is -1.00 e. The average Bonchev–Trinajstić information content (AvgIpc) is 2.83. The van der Waals surface area contributed by atoms with E-state index < -0.39 is 0 Å². The second-order valence-corrected chi connectivity index (χ2v) is 3.79. The van der Waals surface area contributed by atoms with Crippen LogP contribution in [0, 0.1) is 12.2 Å². The minimum atomic E-state index is 0. The van der Waals surface area contributed by atoms with E-state index in [-0.39, 0.29) is 24.8 Å². The van der Waals surface area contributed by atoms with Gasteiger partial charge in [0.25, 0.3) is 0 Å². The topological polar surface area (TPSA) is 0 Å². The molecule has 2 aliphatic carbocycles. The maximum atomic E-state index is 3.34. The molecule has 3 heteroatoms. The van der Waals surface area contributed by atoms with Crippen molar-refractivity contribution >= 4 is 4.21 Å². The third-order valence-electron chi connectivity index (χ3n) is 2.73. The minimum absolute atomic E-state index is 0. The molecule has 0 nitrogen and oxygen atoms in total. The Morgan fingerprint density at radius 1 is 0.833 bits per heavy atom. The summed E-state index contributed by atoms with van der Waals surface area (Å²) in [5, 5.41) is 0. The Hall–Kier alpha value is 0.293. The molecule has 0 unspecified atom stereocenters. The van der Waals surface area contributed by atoms with Crippen LogP contribution in [-0.2, 0) is 24.2 Å². The van der Waals surface area contributed by atoms with Crippen molar-refractivity contribution in [3.63, 3.8) is 0 Å². The smallest absolute Gasteiger partial charge is 1.00 e. The molecular formula is C15H20Cl2Zr-2. The zero-order valence-electron chi connectivity index (χ0n) is 11.5. The monoisotopic (exact) mass is 360 g/mol. The molecule has 0 aromatic heterocycles. The molecule has 0 amide bonds. The molecule has 100 valence electrons. The molecular weight excluding hydrogens is 342 g/mol. The van der Waals surface area contributed by atoms with Crippen molar-refractivity contribution in [2.75, 3.05) is 0 Å². The summed E-state index contributed by atoms with van der Waals surface area (Å²) in [5.41, 5.74) is 5.42. The van der Waals surface area contributed by atoms with Gasteiger partial charge in [0.2, 0.25) is 0 Å². The van der Waals surface area contributed by atoms with E-state index in [9.17, 15) is 0 Å². The van der Waals surface area contributed by atoms with E-state index >= 15 is 0 Å². The summed E-state index contributed by atoms with van der Waals surface area (Å²) in [7, 11) is 0. The largest absolute Gasteiger partial charge is 1.00 e. The summed E-state index contributed by atoms with van der Waals surface area (Å²) < 4.78 is 3.34. The van der Waals surface area contributed by atoms with Gasteiger partial charge in [-0.1, -0.05) is 13.8 Å². The molecule has 18 heavy (non-hydrogen) atoms. The van der Waals surface area contributed by atoms with Crippen LogP contribution in [0.15, 0.2) is 34.4 Å². The second-order valence-electron chi connectivity index (χ2n) is 3.79. The van der Waals surface area contributed by atoms with Crippen LogP contribution in [0.5, 0.6) is 0 Å². The summed E-state index contributed by atoms with van der Waals surface area (Å²) >= 11 is 1.30. The first kappa shape index (κ1) is 23.4. The van der Waals surface area contributed by atoms with E-state index in [0.717, 1.165) is 12.8 Å². The quantitative estimate of drug-likeness (QED) is 0.444. The van der Waals surface area contributed by atoms with Crippen molar-refractivity contribution in [2.45, 2.75) is 40.5 Å². The van der Waals surface area contributed by atoms with E-state index in [1.807, 2.05) is 0 Å². The molecule has 0 spiro atoms. The molecule has 2 rings (SSSR count). The fourth-order valence-corrected chi connectivity index (χ4v) is 1.30. The number of halogens is 2. The van der Waals surface area contributed by atoms with Crippen molar-refractivity contribution in [3.05, 3.63) is 46.6 Å². The van der Waals surface area contributed by atoms with Crippen LogP contribution < -0.4 is 24.8 Å². The van der Waals surface area contributed by atoms with Crippen LogP contribution in [0.3, 0.4) is 0 Å². The Morgan fingerprint density at radius 3 is 1.17 bits per heavy atom. The molecule has 0 atom stereocenters. The molecule has 0 saturated carbocycles. The van der Waals surface area contributed by atoms with Gasteiger partial charge >= 0.3 is 28.4 Å². The zero-order chi connectivity index (χ0) is 12.6. The Balaban J connectivity index is -0.000000200. The van der Waals surface area contributed by atoms with Crippen molar-refractivity contribution < 1.29 is 49.0 Å². The van der Waals surface area contributed by atoms with Gasteiger partial charge in [0.1, 0.15) is 0 Å². The first-order valence-corrected chi connectivity index (χ1v) is 7.19. The Bertz CT molecular complexity index is 284. The molecule has 2 aliphatic rings. The van der Waals surface area contributed by atoms with Gasteiger partial charge in [-0.3, -0.25) is 12.2 Å². The summed E-state index contributed by atoms with van der Waals surface area (Å²) in [6, 6.07) is 0. The fraction of sp³-hybridized carbons (Fsp3) is 0.400. The zero-order valence-corrected chi connectivity index (χ0v) is 15.5. The SMILES string of the molecule is CC1=[C-]CC=C1C.CC1=[C-]CC=C1C.[CH2]=[Zr+2].[Cl-].[Cl-]. The van der Waals surface area contributed by atoms with Crippen molar-refractivity contribution in [3.8, 4) is 0 Å². The fourth-order valence-electron chi connectivity index (χ4n) is 1.30. The predicted octanol–water partition coefficient (Wildman–Crippen LogP) is -1.86. The van der Waals surface area contributed by atoms with Crippen LogP contribution in [-0.4, -0.2) is 4.21 Å². The van der Waals surface area contributed by atoms with Crippen LogP contribution in [0.2, 0.25) is 0 Å². The van der Waals surface area contributed by atoms with Gasteiger partial charge in [0.05, 0.1) is 0 Å². The van der Waals surface area contributed by atoms with Gasteiger partial charge in [0, 0.05) is 0 Å². The van der Waals surface area contributed by atoms with E-state index in [0.29, 0.717) is 0 Å². The van der Waals surface area contributed by atoms with E-state index in [1.165, 1.54) is 46.5 Å². The Labute approximate surface area is 139 Å². The summed E-state index contributed by atoms with van der Waals surface area (Å²) in [5.74, 6) is 0. The summed E-state index contributed by atoms with van der Waals surface area (Å²) in [6.07, 6.45) is 12.8. The van der Waals surface area contributed by atoms with Gasteiger partial charge in [-0.15, -0.1) is 26.7 Å².